The Morgan fingerprint density at radius 2 is 2.00 bits per heavy atom. The van der Waals surface area contributed by atoms with E-state index in [2.05, 4.69) is 46.0 Å². The molecular weight excluding hydrogens is 374 g/mol. The predicted octanol–water partition coefficient (Wildman–Crippen LogP) is 6.27. The van der Waals surface area contributed by atoms with Gasteiger partial charge in [-0.25, -0.2) is 0 Å². The molecule has 0 bridgehead atoms. The molecule has 0 saturated heterocycles. The number of hydrogen-bond donors (Lipinski definition) is 2. The molecular formula is C26H41NO3. The summed E-state index contributed by atoms with van der Waals surface area (Å²) in [6.45, 7) is 12.8. The van der Waals surface area contributed by atoms with E-state index >= 15 is 0 Å². The maximum atomic E-state index is 11.6. The van der Waals surface area contributed by atoms with E-state index in [0.29, 0.717) is 23.5 Å². The highest BCUT2D eigenvalue weighted by atomic mass is 16.5. The molecule has 1 aliphatic heterocycles. The lowest BCUT2D eigenvalue weighted by Crippen LogP contribution is -2.50. The van der Waals surface area contributed by atoms with E-state index in [4.69, 9.17) is 4.74 Å². The number of nitrogens with one attached hydrogen (secondary N) is 1. The Morgan fingerprint density at radius 3 is 2.67 bits per heavy atom. The first-order valence-corrected chi connectivity index (χ1v) is 12.0. The third-order valence-corrected chi connectivity index (χ3v) is 7.68. The predicted molar refractivity (Wildman–Crippen MR) is 122 cm³/mol. The zero-order valence-electron chi connectivity index (χ0n) is 19.8. The van der Waals surface area contributed by atoms with E-state index in [-0.39, 0.29) is 23.5 Å². The summed E-state index contributed by atoms with van der Waals surface area (Å²) in [4.78, 5) is 11.6. The number of carbonyl (C=O) groups is 1. The van der Waals surface area contributed by atoms with Gasteiger partial charge < -0.3 is 15.2 Å². The summed E-state index contributed by atoms with van der Waals surface area (Å²) in [6.07, 6.45) is 7.81. The maximum absolute atomic E-state index is 11.6. The Labute approximate surface area is 182 Å². The lowest BCUT2D eigenvalue weighted by atomic mass is 9.65. The fraction of sp³-hybridized carbons (Fsp3) is 0.731. The Balaban J connectivity index is 1.88. The molecule has 4 unspecified atom stereocenters. The van der Waals surface area contributed by atoms with Crippen LogP contribution in [0.4, 0.5) is 0 Å². The fourth-order valence-corrected chi connectivity index (χ4v) is 5.75. The molecule has 2 N–H and O–H groups in total. The molecule has 4 nitrogen and oxygen atoms in total. The lowest BCUT2D eigenvalue weighted by molar-refractivity contribution is -0.120. The van der Waals surface area contributed by atoms with E-state index in [1.165, 1.54) is 31.2 Å². The van der Waals surface area contributed by atoms with Crippen LogP contribution in [-0.2, 0) is 4.79 Å². The summed E-state index contributed by atoms with van der Waals surface area (Å²) in [6, 6.07) is 4.32. The second-order valence-electron chi connectivity index (χ2n) is 10.3. The van der Waals surface area contributed by atoms with E-state index < -0.39 is 0 Å². The number of benzene rings is 1. The zero-order chi connectivity index (χ0) is 22.1. The van der Waals surface area contributed by atoms with Crippen molar-refractivity contribution in [2.24, 2.45) is 11.8 Å². The average molecular weight is 416 g/mol. The monoisotopic (exact) mass is 415 g/mol. The third-order valence-electron chi connectivity index (χ3n) is 7.68. The second kappa shape index (κ2) is 9.20. The molecule has 1 fully saturated rings. The number of carbonyl (C=O) groups excluding carboxylic acids is 1. The van der Waals surface area contributed by atoms with Crippen LogP contribution in [0.5, 0.6) is 11.5 Å². The average Bonchev–Trinajstić information content (AvgIpc) is 2.65. The first kappa shape index (κ1) is 23.0. The summed E-state index contributed by atoms with van der Waals surface area (Å²) in [5.41, 5.74) is 1.84. The van der Waals surface area contributed by atoms with Crippen LogP contribution in [0.2, 0.25) is 0 Å². The molecule has 1 aromatic rings. The molecule has 4 heteroatoms. The van der Waals surface area contributed by atoms with Gasteiger partial charge in [-0.15, -0.1) is 0 Å². The summed E-state index contributed by atoms with van der Waals surface area (Å²) >= 11 is 0. The number of phenols is 1. The summed E-state index contributed by atoms with van der Waals surface area (Å²) in [5.74, 6) is 2.72. The van der Waals surface area contributed by atoms with Crippen molar-refractivity contribution in [2.75, 3.05) is 0 Å². The molecule has 1 amide bonds. The molecule has 0 aromatic heterocycles. The van der Waals surface area contributed by atoms with Gasteiger partial charge in [0.25, 0.3) is 0 Å². The molecule has 2 aliphatic rings. The number of unbranched alkanes of at least 4 members (excludes halogenated alkanes) is 2. The third kappa shape index (κ3) is 4.78. The minimum Gasteiger partial charge on any atom is -0.508 e. The van der Waals surface area contributed by atoms with Gasteiger partial charge in [-0.1, -0.05) is 46.5 Å². The lowest BCUT2D eigenvalue weighted by Gasteiger charge is -2.49. The quantitative estimate of drug-likeness (QED) is 0.516. The van der Waals surface area contributed by atoms with Gasteiger partial charge in [0.2, 0.25) is 5.91 Å². The van der Waals surface area contributed by atoms with Crippen molar-refractivity contribution < 1.29 is 14.6 Å². The smallest absolute Gasteiger partial charge is 0.217 e. The largest absolute Gasteiger partial charge is 0.508 e. The Hall–Kier alpha value is -1.71. The SMILES string of the molecule is CCCCCC(C)C(C)c1cc(O)c2c(c1)OC(C)(C)C1CC[C@H](NC(C)=O)CC21. The van der Waals surface area contributed by atoms with Crippen LogP contribution in [0.3, 0.4) is 0 Å². The van der Waals surface area contributed by atoms with Crippen molar-refractivity contribution in [1.82, 2.24) is 5.32 Å². The molecule has 30 heavy (non-hydrogen) atoms. The zero-order valence-corrected chi connectivity index (χ0v) is 19.8. The van der Waals surface area contributed by atoms with Crippen LogP contribution in [0.1, 0.15) is 109 Å². The van der Waals surface area contributed by atoms with E-state index in [1.54, 1.807) is 6.92 Å². The van der Waals surface area contributed by atoms with E-state index in [1.807, 2.05) is 6.07 Å². The highest BCUT2D eigenvalue weighted by Crippen LogP contribution is 2.55. The van der Waals surface area contributed by atoms with E-state index in [0.717, 1.165) is 30.6 Å². The van der Waals surface area contributed by atoms with Gasteiger partial charge in [-0.3, -0.25) is 4.79 Å². The van der Waals surface area contributed by atoms with Gasteiger partial charge >= 0.3 is 0 Å². The molecule has 1 saturated carbocycles. The minimum atomic E-state index is -0.278. The standard InChI is InChI=1S/C26H41NO3/c1-7-8-9-10-16(2)17(3)19-13-23(29)25-21-15-20(27-18(4)28)11-12-22(21)26(5,6)30-24(25)14-19/h13-14,16-17,20-22,29H,7-12,15H2,1-6H3,(H,27,28)/t16?,17?,20-,21?,22?/m0/s1. The molecule has 0 spiro atoms. The minimum absolute atomic E-state index is 0.0236. The Morgan fingerprint density at radius 1 is 1.27 bits per heavy atom. The molecule has 1 aliphatic carbocycles. The number of aromatic hydroxyl groups is 1. The van der Waals surface area contributed by atoms with Crippen LogP contribution in [0.15, 0.2) is 12.1 Å². The van der Waals surface area contributed by atoms with Crippen LogP contribution < -0.4 is 10.1 Å². The number of fused-ring (bicyclic) bond motifs is 3. The topological polar surface area (TPSA) is 58.6 Å². The van der Waals surface area contributed by atoms with Gasteiger partial charge in [0.05, 0.1) is 0 Å². The molecule has 3 rings (SSSR count). The van der Waals surface area contributed by atoms with Crippen LogP contribution in [0, 0.1) is 11.8 Å². The fourth-order valence-electron chi connectivity index (χ4n) is 5.75. The molecule has 5 atom stereocenters. The van der Waals surface area contributed by atoms with Crippen LogP contribution in [-0.4, -0.2) is 22.7 Å². The molecule has 168 valence electrons. The number of hydrogen-bond acceptors (Lipinski definition) is 3. The first-order chi connectivity index (χ1) is 14.1. The van der Waals surface area contributed by atoms with E-state index in [9.17, 15) is 9.90 Å². The number of amides is 1. The second-order valence-corrected chi connectivity index (χ2v) is 10.3. The summed E-state index contributed by atoms with van der Waals surface area (Å²) < 4.78 is 6.51. The van der Waals surface area contributed by atoms with Crippen LogP contribution in [0.25, 0.3) is 0 Å². The van der Waals surface area contributed by atoms with Crippen molar-refractivity contribution in [1.29, 1.82) is 0 Å². The molecule has 0 radical (unpaired) electrons. The highest BCUT2D eigenvalue weighted by molar-refractivity contribution is 5.73. The van der Waals surface area contributed by atoms with Crippen LogP contribution >= 0.6 is 0 Å². The number of phenolic OH excluding ortho intramolecular Hbond substituents is 1. The maximum Gasteiger partial charge on any atom is 0.217 e. The Bertz CT molecular complexity index is 757. The molecule has 1 aromatic carbocycles. The van der Waals surface area contributed by atoms with Gasteiger partial charge in [0, 0.05) is 24.4 Å². The summed E-state index contributed by atoms with van der Waals surface area (Å²) in [7, 11) is 0. The van der Waals surface area contributed by atoms with Gasteiger partial charge in [0.15, 0.2) is 0 Å². The summed E-state index contributed by atoms with van der Waals surface area (Å²) in [5, 5.41) is 14.2. The van der Waals surface area contributed by atoms with Gasteiger partial charge in [-0.05, 0) is 68.6 Å². The van der Waals surface area contributed by atoms with Crippen molar-refractivity contribution in [3.8, 4) is 11.5 Å². The molecule has 1 heterocycles. The first-order valence-electron chi connectivity index (χ1n) is 12.0. The highest BCUT2D eigenvalue weighted by Gasteiger charge is 2.48. The van der Waals surface area contributed by atoms with Crippen molar-refractivity contribution in [3.63, 3.8) is 0 Å². The Kier molecular flexibility index (Phi) is 7.04. The van der Waals surface area contributed by atoms with Crippen molar-refractivity contribution >= 4 is 5.91 Å². The van der Waals surface area contributed by atoms with Gasteiger partial charge in [-0.2, -0.15) is 0 Å². The van der Waals surface area contributed by atoms with Crippen molar-refractivity contribution in [3.05, 3.63) is 23.3 Å². The number of ether oxygens (including phenoxy) is 1. The normalized spacial score (nSPS) is 26.7. The van der Waals surface area contributed by atoms with Gasteiger partial charge in [0.1, 0.15) is 17.1 Å². The number of rotatable bonds is 7. The van der Waals surface area contributed by atoms with Crippen molar-refractivity contribution in [2.45, 2.75) is 110 Å².